The lowest BCUT2D eigenvalue weighted by atomic mass is 10.1. The minimum atomic E-state index is -0.892. The first-order valence-electron chi connectivity index (χ1n) is 14.5. The van der Waals surface area contributed by atoms with E-state index >= 15 is 0 Å². The number of unbranched alkanes of at least 4 members (excludes halogenated alkanes) is 1. The van der Waals surface area contributed by atoms with Crippen molar-refractivity contribution in [2.24, 2.45) is 7.05 Å². The molecule has 1 unspecified atom stereocenters. The molecule has 3 aromatic heterocycles. The van der Waals surface area contributed by atoms with Crippen LogP contribution in [0.4, 0.5) is 11.6 Å². The molecule has 1 aliphatic rings. The molecule has 41 heavy (non-hydrogen) atoms. The van der Waals surface area contributed by atoms with E-state index in [2.05, 4.69) is 37.7 Å². The maximum atomic E-state index is 12.2. The van der Waals surface area contributed by atoms with Crippen LogP contribution in [0.1, 0.15) is 36.9 Å². The third-order valence-corrected chi connectivity index (χ3v) is 7.51. The van der Waals surface area contributed by atoms with Gasteiger partial charge < -0.3 is 20.5 Å². The maximum Gasteiger partial charge on any atom is 0.326 e. The van der Waals surface area contributed by atoms with Gasteiger partial charge in [-0.25, -0.2) is 14.8 Å². The summed E-state index contributed by atoms with van der Waals surface area (Å²) in [5.41, 5.74) is 3.37. The Hall–Kier alpha value is -4.18. The van der Waals surface area contributed by atoms with Gasteiger partial charge in [-0.1, -0.05) is 24.3 Å². The van der Waals surface area contributed by atoms with Crippen LogP contribution >= 0.6 is 0 Å². The number of carbonyl (C=O) groups is 1. The van der Waals surface area contributed by atoms with E-state index < -0.39 is 12.0 Å². The molecule has 0 radical (unpaired) electrons. The summed E-state index contributed by atoms with van der Waals surface area (Å²) in [6, 6.07) is 17.0. The number of aliphatic carboxylic acids is 1. The molecule has 0 aliphatic carbocycles. The molecule has 0 saturated carbocycles. The third kappa shape index (κ3) is 7.73. The summed E-state index contributed by atoms with van der Waals surface area (Å²) in [6.07, 6.45) is 7.29. The monoisotopic (exact) mass is 557 g/mol. The fourth-order valence-corrected chi connectivity index (χ4v) is 5.25. The molecule has 1 aliphatic heterocycles. The van der Waals surface area contributed by atoms with E-state index in [0.717, 1.165) is 67.6 Å². The van der Waals surface area contributed by atoms with Crippen LogP contribution in [0.2, 0.25) is 0 Å². The lowest BCUT2D eigenvalue weighted by molar-refractivity contribution is -0.138. The number of aryl methyl sites for hydroxylation is 3. The van der Waals surface area contributed by atoms with E-state index in [1.165, 1.54) is 5.56 Å². The van der Waals surface area contributed by atoms with Gasteiger partial charge in [0.2, 0.25) is 5.88 Å². The van der Waals surface area contributed by atoms with E-state index in [4.69, 9.17) is 9.72 Å². The molecular formula is C31H39N7O3. The number of aromatic nitrogens is 4. The van der Waals surface area contributed by atoms with Gasteiger partial charge in [0.1, 0.15) is 18.5 Å². The van der Waals surface area contributed by atoms with Gasteiger partial charge in [0, 0.05) is 50.0 Å². The minimum Gasteiger partial charge on any atom is -0.480 e. The second-order valence-corrected chi connectivity index (χ2v) is 10.5. The number of anilines is 2. The number of carboxylic acid groups (broad SMARTS) is 1. The van der Waals surface area contributed by atoms with Crippen LogP contribution in [0.25, 0.3) is 10.9 Å². The first kappa shape index (κ1) is 28.4. The minimum absolute atomic E-state index is 0.432. The van der Waals surface area contributed by atoms with Gasteiger partial charge in [0.05, 0.1) is 5.52 Å². The predicted octanol–water partition coefficient (Wildman–Crippen LogP) is 4.38. The van der Waals surface area contributed by atoms with Crippen LogP contribution in [-0.4, -0.2) is 74.6 Å². The van der Waals surface area contributed by atoms with Crippen molar-refractivity contribution >= 4 is 28.5 Å². The number of pyridine rings is 2. The Morgan fingerprint density at radius 1 is 1.12 bits per heavy atom. The van der Waals surface area contributed by atoms with Crippen molar-refractivity contribution in [3.63, 3.8) is 0 Å². The van der Waals surface area contributed by atoms with E-state index in [9.17, 15) is 9.90 Å². The molecule has 10 heteroatoms. The number of hydrogen-bond acceptors (Lipinski definition) is 8. The molecule has 10 nitrogen and oxygen atoms in total. The Bertz CT molecular complexity index is 1430. The fraction of sp³-hybridized carbons (Fsp3) is 0.419. The molecule has 0 bridgehead atoms. The van der Waals surface area contributed by atoms with Crippen LogP contribution in [0.15, 0.2) is 60.8 Å². The average Bonchev–Trinajstić information content (AvgIpc) is 3.32. The maximum absolute atomic E-state index is 12.2. The molecule has 3 N–H and O–H groups in total. The second-order valence-electron chi connectivity index (χ2n) is 10.5. The highest BCUT2D eigenvalue weighted by atomic mass is 16.5. The molecule has 4 heterocycles. The number of rotatable bonds is 15. The zero-order valence-electron chi connectivity index (χ0n) is 23.6. The number of nitrogens with one attached hydrogen (secondary N) is 2. The predicted molar refractivity (Wildman–Crippen MR) is 161 cm³/mol. The molecule has 0 spiro atoms. The zero-order chi connectivity index (χ0) is 28.4. The molecule has 5 rings (SSSR count). The first-order chi connectivity index (χ1) is 20.1. The molecule has 0 fully saturated rings. The fourth-order valence-electron chi connectivity index (χ4n) is 5.25. The third-order valence-electron chi connectivity index (χ3n) is 7.51. The highest BCUT2D eigenvalue weighted by Gasteiger charge is 2.21. The largest absolute Gasteiger partial charge is 0.480 e. The number of carboxylic acids is 1. The number of hydrogen-bond donors (Lipinski definition) is 3. The van der Waals surface area contributed by atoms with E-state index in [0.29, 0.717) is 37.8 Å². The number of para-hydroxylation sites is 1. The lowest BCUT2D eigenvalue weighted by Gasteiger charge is -2.24. The number of nitrogens with zero attached hydrogens (tertiary/aromatic N) is 5. The normalized spacial score (nSPS) is 13.5. The van der Waals surface area contributed by atoms with Gasteiger partial charge in [-0.2, -0.15) is 5.10 Å². The smallest absolute Gasteiger partial charge is 0.326 e. The number of fused-ring (bicyclic) bond motifs is 2. The molecule has 1 aromatic carbocycles. The van der Waals surface area contributed by atoms with E-state index in [-0.39, 0.29) is 0 Å². The first-order valence-corrected chi connectivity index (χ1v) is 14.5. The number of benzene rings is 1. The van der Waals surface area contributed by atoms with Crippen LogP contribution in [0.3, 0.4) is 0 Å². The molecular weight excluding hydrogens is 518 g/mol. The van der Waals surface area contributed by atoms with Crippen molar-refractivity contribution in [2.45, 2.75) is 44.6 Å². The molecule has 216 valence electrons. The summed E-state index contributed by atoms with van der Waals surface area (Å²) >= 11 is 0. The Labute approximate surface area is 240 Å². The summed E-state index contributed by atoms with van der Waals surface area (Å²) in [6.45, 7) is 3.60. The van der Waals surface area contributed by atoms with Gasteiger partial charge in [0.15, 0.2) is 5.82 Å². The quantitative estimate of drug-likeness (QED) is 0.183. The van der Waals surface area contributed by atoms with Crippen LogP contribution in [0, 0.1) is 0 Å². The van der Waals surface area contributed by atoms with E-state index in [1.54, 1.807) is 10.9 Å². The van der Waals surface area contributed by atoms with E-state index in [1.807, 2.05) is 49.5 Å². The Morgan fingerprint density at radius 3 is 2.85 bits per heavy atom. The second kappa shape index (κ2) is 13.9. The summed E-state index contributed by atoms with van der Waals surface area (Å²) < 4.78 is 7.62. The van der Waals surface area contributed by atoms with Gasteiger partial charge in [-0.05, 0) is 74.9 Å². The lowest BCUT2D eigenvalue weighted by Crippen LogP contribution is -2.37. The molecule has 0 amide bonds. The summed E-state index contributed by atoms with van der Waals surface area (Å²) in [5, 5.41) is 22.0. The van der Waals surface area contributed by atoms with Crippen molar-refractivity contribution < 1.29 is 14.6 Å². The highest BCUT2D eigenvalue weighted by molar-refractivity contribution is 5.91. The van der Waals surface area contributed by atoms with Crippen molar-refractivity contribution in [1.82, 2.24) is 24.6 Å². The highest BCUT2D eigenvalue weighted by Crippen LogP contribution is 2.23. The summed E-state index contributed by atoms with van der Waals surface area (Å²) in [7, 11) is 1.86. The summed E-state index contributed by atoms with van der Waals surface area (Å²) in [5.74, 6) is 1.32. The van der Waals surface area contributed by atoms with Crippen LogP contribution in [-0.2, 0) is 24.7 Å². The van der Waals surface area contributed by atoms with Gasteiger partial charge in [-0.15, -0.1) is 0 Å². The van der Waals surface area contributed by atoms with Crippen molar-refractivity contribution in [3.05, 3.63) is 72.1 Å². The number of ether oxygens (including phenoxy) is 1. The summed E-state index contributed by atoms with van der Waals surface area (Å²) in [4.78, 5) is 23.6. The Kier molecular flexibility index (Phi) is 9.64. The average molecular weight is 558 g/mol. The van der Waals surface area contributed by atoms with Crippen LogP contribution in [0.5, 0.6) is 5.88 Å². The van der Waals surface area contributed by atoms with Crippen molar-refractivity contribution in [2.75, 3.05) is 43.4 Å². The Balaban J connectivity index is 1.17. The van der Waals surface area contributed by atoms with Gasteiger partial charge in [-0.3, -0.25) is 9.58 Å². The molecule has 1 atom stereocenters. The SMILES string of the molecule is Cn1nc(NC(CCN(CCCCc2ccc3c(n2)NCCC3)CCOc2ccccn2)C(=O)O)c2ccccc21. The Morgan fingerprint density at radius 2 is 2.00 bits per heavy atom. The topological polar surface area (TPSA) is 117 Å². The van der Waals surface area contributed by atoms with Gasteiger partial charge >= 0.3 is 5.97 Å². The zero-order valence-corrected chi connectivity index (χ0v) is 23.6. The van der Waals surface area contributed by atoms with Crippen LogP contribution < -0.4 is 15.4 Å². The molecule has 4 aromatic rings. The van der Waals surface area contributed by atoms with Crippen molar-refractivity contribution in [1.29, 1.82) is 0 Å². The van der Waals surface area contributed by atoms with Crippen molar-refractivity contribution in [3.8, 4) is 5.88 Å². The van der Waals surface area contributed by atoms with Gasteiger partial charge in [0.25, 0.3) is 0 Å². The molecule has 0 saturated heterocycles. The standard InChI is InChI=1S/C31H39N7O3/c1-37-27-12-3-2-11-25(27)30(36-37)35-26(31(39)40)16-20-38(21-22-41-28-13-4-6-17-32-28)19-7-5-10-24-15-14-23-9-8-18-33-29(23)34-24/h2-4,6,11-15,17,26H,5,7-10,16,18-22H2,1H3,(H,33,34)(H,35,36)(H,39,40).